The van der Waals surface area contributed by atoms with Crippen LogP contribution in [0.5, 0.6) is 0 Å². The van der Waals surface area contributed by atoms with Gasteiger partial charge in [0, 0.05) is 12.1 Å². The number of aromatic nitrogens is 1. The number of hydrogen-bond donors (Lipinski definition) is 1. The van der Waals surface area contributed by atoms with Gasteiger partial charge in [-0.2, -0.15) is 0 Å². The number of aliphatic hydroxyl groups is 1. The van der Waals surface area contributed by atoms with Gasteiger partial charge < -0.3 is 10.0 Å². The summed E-state index contributed by atoms with van der Waals surface area (Å²) in [6.45, 7) is 8.65. The average Bonchev–Trinajstić information content (AvgIpc) is 3.37. The van der Waals surface area contributed by atoms with Crippen molar-refractivity contribution in [3.05, 3.63) is 87.6 Å². The first kappa shape index (κ1) is 24.9. The van der Waals surface area contributed by atoms with Gasteiger partial charge in [0.25, 0.3) is 5.91 Å². The third-order valence-electron chi connectivity index (χ3n) is 6.49. The van der Waals surface area contributed by atoms with Gasteiger partial charge in [0.05, 0.1) is 22.2 Å². The van der Waals surface area contributed by atoms with Crippen LogP contribution in [0.1, 0.15) is 78.5 Å². The average molecular weight is 489 g/mol. The lowest BCUT2D eigenvalue weighted by molar-refractivity contribution is -0.129. The first-order valence-electron chi connectivity index (χ1n) is 12.2. The van der Waals surface area contributed by atoms with Crippen molar-refractivity contribution in [1.29, 1.82) is 0 Å². The summed E-state index contributed by atoms with van der Waals surface area (Å²) < 4.78 is 0. The molecular formula is C29H32N2O3S. The summed E-state index contributed by atoms with van der Waals surface area (Å²) in [6.07, 6.45) is 2.81. The summed E-state index contributed by atoms with van der Waals surface area (Å²) >= 11 is 1.30. The first-order valence-corrected chi connectivity index (χ1v) is 13.1. The van der Waals surface area contributed by atoms with Crippen LogP contribution in [0, 0.1) is 6.92 Å². The lowest BCUT2D eigenvalue weighted by atomic mass is 9.93. The fraction of sp³-hybridized carbons (Fsp3) is 0.345. The van der Waals surface area contributed by atoms with Crippen LogP contribution < -0.4 is 0 Å². The zero-order valence-electron chi connectivity index (χ0n) is 20.7. The van der Waals surface area contributed by atoms with E-state index in [4.69, 9.17) is 0 Å². The van der Waals surface area contributed by atoms with E-state index >= 15 is 0 Å². The molecule has 1 aromatic heterocycles. The third kappa shape index (κ3) is 4.94. The van der Waals surface area contributed by atoms with E-state index in [2.05, 4.69) is 25.8 Å². The highest BCUT2D eigenvalue weighted by atomic mass is 32.1. The van der Waals surface area contributed by atoms with Crippen molar-refractivity contribution in [2.24, 2.45) is 0 Å². The van der Waals surface area contributed by atoms with Crippen molar-refractivity contribution in [1.82, 2.24) is 9.88 Å². The van der Waals surface area contributed by atoms with Crippen molar-refractivity contribution >= 4 is 23.0 Å². The molecule has 1 unspecified atom stereocenters. The summed E-state index contributed by atoms with van der Waals surface area (Å²) in [6, 6.07) is 17.1. The molecule has 0 aliphatic carbocycles. The number of aryl methyl sites for hydroxylation is 1. The van der Waals surface area contributed by atoms with Crippen molar-refractivity contribution in [2.75, 3.05) is 6.54 Å². The molecule has 4 rings (SSSR count). The second-order valence-corrected chi connectivity index (χ2v) is 10.3. The Hall–Kier alpha value is -3.25. The summed E-state index contributed by atoms with van der Waals surface area (Å²) in [5.41, 5.74) is 3.70. The Bertz CT molecular complexity index is 1240. The molecule has 0 saturated heterocycles. The molecule has 1 aliphatic rings. The van der Waals surface area contributed by atoms with E-state index in [1.165, 1.54) is 16.9 Å². The standard InChI is InChI=1S/C29H32N2O3S/c1-5-6-10-17-31-24(21-15-13-20(14-16-21)18(2)3)23(26(33)29(31)34)25(32)27-19(4)30-28(35-27)22-11-8-7-9-12-22/h7-9,11-16,18,24,33H,5-6,10,17H2,1-4H3. The minimum Gasteiger partial charge on any atom is -0.503 e. The van der Waals surface area contributed by atoms with Crippen molar-refractivity contribution in [2.45, 2.75) is 58.9 Å². The highest BCUT2D eigenvalue weighted by molar-refractivity contribution is 7.17. The maximum atomic E-state index is 13.9. The third-order valence-corrected chi connectivity index (χ3v) is 7.70. The van der Waals surface area contributed by atoms with Crippen LogP contribution in [0.25, 0.3) is 10.6 Å². The minimum absolute atomic E-state index is 0.148. The van der Waals surface area contributed by atoms with Gasteiger partial charge in [0.15, 0.2) is 5.76 Å². The van der Waals surface area contributed by atoms with Crippen LogP contribution in [0.15, 0.2) is 65.9 Å². The zero-order chi connectivity index (χ0) is 25.1. The number of rotatable bonds is 9. The van der Waals surface area contributed by atoms with Gasteiger partial charge in [-0.15, -0.1) is 11.3 Å². The highest BCUT2D eigenvalue weighted by Crippen LogP contribution is 2.41. The second kappa shape index (κ2) is 10.6. The summed E-state index contributed by atoms with van der Waals surface area (Å²) in [5, 5.41) is 11.7. The van der Waals surface area contributed by atoms with E-state index in [1.807, 2.05) is 54.6 Å². The van der Waals surface area contributed by atoms with Gasteiger partial charge in [-0.1, -0.05) is 88.2 Å². The molecule has 0 radical (unpaired) electrons. The normalized spacial score (nSPS) is 16.0. The van der Waals surface area contributed by atoms with Gasteiger partial charge in [-0.3, -0.25) is 9.59 Å². The smallest absolute Gasteiger partial charge is 0.290 e. The van der Waals surface area contributed by atoms with E-state index in [1.54, 1.807) is 11.8 Å². The molecule has 0 spiro atoms. The SMILES string of the molecule is CCCCCN1C(=O)C(O)=C(C(=O)c2sc(-c3ccccc3)nc2C)C1c1ccc(C(C)C)cc1. The molecule has 6 heteroatoms. The van der Waals surface area contributed by atoms with Crippen LogP contribution in [0.3, 0.4) is 0 Å². The number of carbonyl (C=O) groups excluding carboxylic acids is 2. The highest BCUT2D eigenvalue weighted by Gasteiger charge is 2.44. The lowest BCUT2D eigenvalue weighted by Crippen LogP contribution is -2.32. The molecule has 0 fully saturated rings. The molecule has 1 atom stereocenters. The maximum Gasteiger partial charge on any atom is 0.290 e. The molecule has 5 nitrogen and oxygen atoms in total. The van der Waals surface area contributed by atoms with E-state index in [9.17, 15) is 14.7 Å². The van der Waals surface area contributed by atoms with Crippen molar-refractivity contribution in [3.63, 3.8) is 0 Å². The minimum atomic E-state index is -0.616. The Balaban J connectivity index is 1.75. The fourth-order valence-electron chi connectivity index (χ4n) is 4.49. The number of ketones is 1. The van der Waals surface area contributed by atoms with Crippen LogP contribution in [0.2, 0.25) is 0 Å². The lowest BCUT2D eigenvalue weighted by Gasteiger charge is -2.27. The quantitative estimate of drug-likeness (QED) is 0.260. The molecule has 0 bridgehead atoms. The first-order chi connectivity index (χ1) is 16.8. The Morgan fingerprint density at radius 2 is 1.77 bits per heavy atom. The fourth-order valence-corrected chi connectivity index (χ4v) is 5.52. The van der Waals surface area contributed by atoms with Gasteiger partial charge in [0.2, 0.25) is 5.78 Å². The van der Waals surface area contributed by atoms with Crippen LogP contribution in [-0.4, -0.2) is 33.2 Å². The maximum absolute atomic E-state index is 13.9. The van der Waals surface area contributed by atoms with Crippen molar-refractivity contribution in [3.8, 4) is 10.6 Å². The Morgan fingerprint density at radius 3 is 2.40 bits per heavy atom. The van der Waals surface area contributed by atoms with Crippen LogP contribution in [0.4, 0.5) is 0 Å². The number of Topliss-reactive ketones (excluding diaryl/α,β-unsaturated/α-hetero) is 1. The number of thiazole rings is 1. The van der Waals surface area contributed by atoms with E-state index < -0.39 is 17.7 Å². The molecular weight excluding hydrogens is 456 g/mol. The largest absolute Gasteiger partial charge is 0.503 e. The molecule has 1 aliphatic heterocycles. The topological polar surface area (TPSA) is 70.5 Å². The van der Waals surface area contributed by atoms with E-state index in [0.29, 0.717) is 23.0 Å². The van der Waals surface area contributed by atoms with Gasteiger partial charge >= 0.3 is 0 Å². The molecule has 3 aromatic rings. The number of amides is 1. The van der Waals surface area contributed by atoms with Gasteiger partial charge in [-0.05, 0) is 30.4 Å². The number of nitrogens with zero attached hydrogens (tertiary/aromatic N) is 2. The summed E-state index contributed by atoms with van der Waals surface area (Å²) in [4.78, 5) is 33.8. The number of aliphatic hydroxyl groups excluding tert-OH is 1. The van der Waals surface area contributed by atoms with Crippen LogP contribution >= 0.6 is 11.3 Å². The predicted molar refractivity (Wildman–Crippen MR) is 141 cm³/mol. The number of carbonyl (C=O) groups is 2. The Labute approximate surface area is 211 Å². The molecule has 1 amide bonds. The van der Waals surface area contributed by atoms with Crippen molar-refractivity contribution < 1.29 is 14.7 Å². The molecule has 1 N–H and O–H groups in total. The number of unbranched alkanes of at least 4 members (excludes halogenated alkanes) is 2. The summed E-state index contributed by atoms with van der Waals surface area (Å²) in [5.74, 6) is -0.883. The van der Waals surface area contributed by atoms with Gasteiger partial charge in [0.1, 0.15) is 5.01 Å². The molecule has 182 valence electrons. The molecule has 0 saturated carbocycles. The molecule has 2 aromatic carbocycles. The Kier molecular flexibility index (Phi) is 7.51. The summed E-state index contributed by atoms with van der Waals surface area (Å²) in [7, 11) is 0. The number of benzene rings is 2. The predicted octanol–water partition coefficient (Wildman–Crippen LogP) is 7.01. The number of hydrogen-bond acceptors (Lipinski definition) is 5. The second-order valence-electron chi connectivity index (χ2n) is 9.32. The molecule has 2 heterocycles. The zero-order valence-corrected chi connectivity index (χ0v) is 21.6. The monoisotopic (exact) mass is 488 g/mol. The van der Waals surface area contributed by atoms with Gasteiger partial charge in [-0.25, -0.2) is 4.98 Å². The van der Waals surface area contributed by atoms with E-state index in [-0.39, 0.29) is 11.4 Å². The Morgan fingerprint density at radius 1 is 1.09 bits per heavy atom. The van der Waals surface area contributed by atoms with Crippen LogP contribution in [-0.2, 0) is 4.79 Å². The molecule has 35 heavy (non-hydrogen) atoms. The van der Waals surface area contributed by atoms with E-state index in [0.717, 1.165) is 35.4 Å².